The van der Waals surface area contributed by atoms with Crippen LogP contribution in [0.15, 0.2) is 30.3 Å². The molecule has 1 aliphatic rings. The molecule has 0 saturated heterocycles. The van der Waals surface area contributed by atoms with E-state index in [-0.39, 0.29) is 16.7 Å². The minimum Gasteiger partial charge on any atom is -0.325 e. The van der Waals surface area contributed by atoms with Gasteiger partial charge < -0.3 is 5.32 Å². The first-order valence-electron chi connectivity index (χ1n) is 8.52. The molecule has 0 heterocycles. The quantitative estimate of drug-likeness (QED) is 0.723. The van der Waals surface area contributed by atoms with Crippen molar-refractivity contribution in [2.24, 2.45) is 16.2 Å². The van der Waals surface area contributed by atoms with E-state index in [0.29, 0.717) is 0 Å². The number of benzene rings is 1. The number of hydrogen-bond acceptors (Lipinski definition) is 1. The van der Waals surface area contributed by atoms with Gasteiger partial charge in [-0.25, -0.2) is 0 Å². The van der Waals surface area contributed by atoms with Crippen LogP contribution in [0.4, 0.5) is 5.69 Å². The second-order valence-electron chi connectivity index (χ2n) is 9.43. The summed E-state index contributed by atoms with van der Waals surface area (Å²) >= 11 is 0. The Morgan fingerprint density at radius 3 is 2.26 bits per heavy atom. The molecule has 0 unspecified atom stereocenters. The molecule has 2 rings (SSSR count). The van der Waals surface area contributed by atoms with Crippen molar-refractivity contribution < 1.29 is 4.79 Å². The minimum atomic E-state index is -0.396. The lowest BCUT2D eigenvalue weighted by Gasteiger charge is -2.40. The van der Waals surface area contributed by atoms with Gasteiger partial charge in [0.15, 0.2) is 0 Å². The Morgan fingerprint density at radius 1 is 1.09 bits per heavy atom. The largest absolute Gasteiger partial charge is 0.325 e. The highest BCUT2D eigenvalue weighted by Gasteiger charge is 2.34. The molecule has 1 aromatic carbocycles. The van der Waals surface area contributed by atoms with Crippen LogP contribution in [0.5, 0.6) is 0 Å². The SMILES string of the molecule is CC1(C)C=C(c2ccccc2NC(=O)C(C)(C)C)CC(C)(C)C1. The summed E-state index contributed by atoms with van der Waals surface area (Å²) in [5, 5.41) is 3.12. The summed E-state index contributed by atoms with van der Waals surface area (Å²) in [7, 11) is 0. The highest BCUT2D eigenvalue weighted by Crippen LogP contribution is 2.48. The molecule has 1 aliphatic carbocycles. The maximum atomic E-state index is 12.4. The molecule has 1 amide bonds. The molecular formula is C21H31NO. The van der Waals surface area contributed by atoms with E-state index in [1.807, 2.05) is 32.9 Å². The third kappa shape index (κ3) is 4.46. The minimum absolute atomic E-state index is 0.0554. The normalized spacial score (nSPS) is 19.9. The fourth-order valence-corrected chi connectivity index (χ4v) is 3.74. The molecule has 1 N–H and O–H groups in total. The van der Waals surface area contributed by atoms with E-state index in [1.54, 1.807) is 0 Å². The number of carbonyl (C=O) groups is 1. The number of carbonyl (C=O) groups excluding carboxylic acids is 1. The monoisotopic (exact) mass is 313 g/mol. The number of allylic oxidation sites excluding steroid dienone is 2. The standard InChI is InChI=1S/C21H31NO/c1-19(2,3)18(23)22-17-11-9-8-10-16(17)15-12-20(4,5)14-21(6,7)13-15/h8-12H,13-14H2,1-7H3,(H,22,23). The molecule has 0 fully saturated rings. The Bertz CT molecular complexity index is 629. The lowest BCUT2D eigenvalue weighted by molar-refractivity contribution is -0.123. The molecule has 0 spiro atoms. The topological polar surface area (TPSA) is 29.1 Å². The molecule has 0 saturated carbocycles. The van der Waals surface area contributed by atoms with Gasteiger partial charge in [-0.2, -0.15) is 0 Å². The van der Waals surface area contributed by atoms with Crippen LogP contribution in [-0.2, 0) is 4.79 Å². The van der Waals surface area contributed by atoms with Gasteiger partial charge in [-0.1, -0.05) is 72.7 Å². The van der Waals surface area contributed by atoms with Crippen molar-refractivity contribution in [1.29, 1.82) is 0 Å². The highest BCUT2D eigenvalue weighted by molar-refractivity contribution is 5.97. The van der Waals surface area contributed by atoms with Gasteiger partial charge in [0.2, 0.25) is 5.91 Å². The van der Waals surface area contributed by atoms with Crippen LogP contribution < -0.4 is 5.32 Å². The second kappa shape index (κ2) is 5.81. The lowest BCUT2D eigenvalue weighted by Crippen LogP contribution is -2.29. The number of rotatable bonds is 2. The molecular weight excluding hydrogens is 282 g/mol. The van der Waals surface area contributed by atoms with Gasteiger partial charge in [0.05, 0.1) is 0 Å². The van der Waals surface area contributed by atoms with Crippen molar-refractivity contribution in [2.75, 3.05) is 5.32 Å². The first-order valence-corrected chi connectivity index (χ1v) is 8.52. The van der Waals surface area contributed by atoms with E-state index in [9.17, 15) is 4.79 Å². The first-order chi connectivity index (χ1) is 10.4. The smallest absolute Gasteiger partial charge is 0.229 e. The van der Waals surface area contributed by atoms with E-state index in [2.05, 4.69) is 51.2 Å². The van der Waals surface area contributed by atoms with E-state index in [0.717, 1.165) is 17.7 Å². The Hall–Kier alpha value is -1.57. The van der Waals surface area contributed by atoms with E-state index >= 15 is 0 Å². The van der Waals surface area contributed by atoms with Crippen molar-refractivity contribution in [3.8, 4) is 0 Å². The van der Waals surface area contributed by atoms with E-state index in [1.165, 1.54) is 12.0 Å². The van der Waals surface area contributed by atoms with Crippen molar-refractivity contribution in [2.45, 2.75) is 61.3 Å². The Morgan fingerprint density at radius 2 is 1.70 bits per heavy atom. The summed E-state index contributed by atoms with van der Waals surface area (Å²) < 4.78 is 0. The molecule has 2 heteroatoms. The van der Waals surface area contributed by atoms with Gasteiger partial charge in [-0.15, -0.1) is 0 Å². The van der Waals surface area contributed by atoms with Crippen LogP contribution in [0.25, 0.3) is 5.57 Å². The number of nitrogens with one attached hydrogen (secondary N) is 1. The Balaban J connectivity index is 2.41. The van der Waals surface area contributed by atoms with Crippen molar-refractivity contribution in [1.82, 2.24) is 0 Å². The summed E-state index contributed by atoms with van der Waals surface area (Å²) in [4.78, 5) is 12.4. The fourth-order valence-electron chi connectivity index (χ4n) is 3.74. The predicted octanol–water partition coefficient (Wildman–Crippen LogP) is 5.90. The maximum absolute atomic E-state index is 12.4. The van der Waals surface area contributed by atoms with Gasteiger partial charge in [0.25, 0.3) is 0 Å². The Kier molecular flexibility index (Phi) is 4.49. The zero-order valence-electron chi connectivity index (χ0n) is 15.7. The van der Waals surface area contributed by atoms with Crippen LogP contribution in [0, 0.1) is 16.2 Å². The molecule has 0 radical (unpaired) electrons. The summed E-state index contributed by atoms with van der Waals surface area (Å²) in [6, 6.07) is 8.18. The molecule has 0 aliphatic heterocycles. The van der Waals surface area contributed by atoms with Crippen LogP contribution in [0.3, 0.4) is 0 Å². The van der Waals surface area contributed by atoms with E-state index < -0.39 is 5.41 Å². The van der Waals surface area contributed by atoms with Gasteiger partial charge in [-0.3, -0.25) is 4.79 Å². The first kappa shape index (κ1) is 17.8. The average molecular weight is 313 g/mol. The Labute approximate surface area is 141 Å². The molecule has 1 aromatic rings. The van der Waals surface area contributed by atoms with Crippen LogP contribution >= 0.6 is 0 Å². The number of anilines is 1. The van der Waals surface area contributed by atoms with Gasteiger partial charge in [0.1, 0.15) is 0 Å². The molecule has 2 nitrogen and oxygen atoms in total. The van der Waals surface area contributed by atoms with Gasteiger partial charge in [0, 0.05) is 16.7 Å². The molecule has 0 aromatic heterocycles. The summed E-state index contributed by atoms with van der Waals surface area (Å²) in [6.07, 6.45) is 4.61. The predicted molar refractivity (Wildman–Crippen MR) is 99.3 cm³/mol. The molecule has 126 valence electrons. The maximum Gasteiger partial charge on any atom is 0.229 e. The molecule has 0 atom stereocenters. The van der Waals surface area contributed by atoms with Crippen LogP contribution in [0.1, 0.15) is 66.9 Å². The summed E-state index contributed by atoms with van der Waals surface area (Å²) in [5.74, 6) is 0.0554. The number of hydrogen-bond donors (Lipinski definition) is 1. The fraction of sp³-hybridized carbons (Fsp3) is 0.571. The zero-order valence-corrected chi connectivity index (χ0v) is 15.7. The molecule has 0 bridgehead atoms. The summed E-state index contributed by atoms with van der Waals surface area (Å²) in [5.41, 5.74) is 3.48. The van der Waals surface area contributed by atoms with Crippen molar-refractivity contribution >= 4 is 17.2 Å². The lowest BCUT2D eigenvalue weighted by atomic mass is 9.65. The van der Waals surface area contributed by atoms with Gasteiger partial charge in [-0.05, 0) is 35.3 Å². The third-order valence-electron chi connectivity index (χ3n) is 4.37. The number of para-hydroxylation sites is 1. The number of amides is 1. The molecule has 23 heavy (non-hydrogen) atoms. The van der Waals surface area contributed by atoms with Crippen molar-refractivity contribution in [3.63, 3.8) is 0 Å². The van der Waals surface area contributed by atoms with Crippen LogP contribution in [-0.4, -0.2) is 5.91 Å². The third-order valence-corrected chi connectivity index (χ3v) is 4.37. The van der Waals surface area contributed by atoms with Crippen molar-refractivity contribution in [3.05, 3.63) is 35.9 Å². The van der Waals surface area contributed by atoms with Crippen LogP contribution in [0.2, 0.25) is 0 Å². The summed E-state index contributed by atoms with van der Waals surface area (Å²) in [6.45, 7) is 15.1. The van der Waals surface area contributed by atoms with E-state index in [4.69, 9.17) is 0 Å². The average Bonchev–Trinajstić information content (AvgIpc) is 2.34. The highest BCUT2D eigenvalue weighted by atomic mass is 16.2. The zero-order chi connectivity index (χ0) is 17.5. The van der Waals surface area contributed by atoms with Gasteiger partial charge >= 0.3 is 0 Å². The second-order valence-corrected chi connectivity index (χ2v) is 9.43.